The minimum Gasteiger partial charge on any atom is -0.495 e. The highest BCUT2D eigenvalue weighted by atomic mass is 16.5. The molecule has 2 aromatic carbocycles. The van der Waals surface area contributed by atoms with Crippen molar-refractivity contribution in [2.75, 3.05) is 50.7 Å². The van der Waals surface area contributed by atoms with Crippen LogP contribution in [0.25, 0.3) is 0 Å². The van der Waals surface area contributed by atoms with Gasteiger partial charge in [-0.3, -0.25) is 9.59 Å². The molecule has 0 unspecified atom stereocenters. The van der Waals surface area contributed by atoms with E-state index < -0.39 is 0 Å². The van der Waals surface area contributed by atoms with E-state index in [4.69, 9.17) is 14.2 Å². The van der Waals surface area contributed by atoms with Crippen molar-refractivity contribution in [2.24, 2.45) is 11.8 Å². The molecule has 1 heterocycles. The standard InChI is InChI=1S/C29H36N4O5/c1-19-6-4-7-25(37-3)27(19)32-28(34)21-14-22(18-31-17-21)29(35)33(23-10-11-23)24-9-8-20(16-30)26(15-24)38-13-5-12-36-2/h4,6-9,15,21-23,31H,5,10-14,17-18H2,1-3H3,(H,32,34)/t21-,22+/m0/s1. The maximum absolute atomic E-state index is 13.8. The van der Waals surface area contributed by atoms with E-state index in [2.05, 4.69) is 16.7 Å². The first-order chi connectivity index (χ1) is 18.5. The van der Waals surface area contributed by atoms with E-state index in [1.165, 1.54) is 0 Å². The third-order valence-electron chi connectivity index (χ3n) is 7.04. The fourth-order valence-electron chi connectivity index (χ4n) is 4.83. The van der Waals surface area contributed by atoms with Gasteiger partial charge in [0.25, 0.3) is 0 Å². The zero-order chi connectivity index (χ0) is 27.1. The summed E-state index contributed by atoms with van der Waals surface area (Å²) in [7, 11) is 3.21. The monoisotopic (exact) mass is 520 g/mol. The molecule has 9 heteroatoms. The van der Waals surface area contributed by atoms with Crippen LogP contribution in [0.3, 0.4) is 0 Å². The molecule has 0 spiro atoms. The molecule has 1 saturated heterocycles. The molecular formula is C29H36N4O5. The van der Waals surface area contributed by atoms with Gasteiger partial charge >= 0.3 is 0 Å². The highest BCUT2D eigenvalue weighted by Crippen LogP contribution is 2.37. The number of benzene rings is 2. The van der Waals surface area contributed by atoms with Gasteiger partial charge < -0.3 is 29.7 Å². The number of carbonyl (C=O) groups is 2. The number of amides is 2. The summed E-state index contributed by atoms with van der Waals surface area (Å²) in [5.41, 5.74) is 2.71. The van der Waals surface area contributed by atoms with Crippen molar-refractivity contribution in [3.8, 4) is 17.6 Å². The van der Waals surface area contributed by atoms with E-state index in [0.29, 0.717) is 61.9 Å². The SMILES string of the molecule is COCCCOc1cc(N(C(=O)[C@H]2CNC[C@@H](C(=O)Nc3c(C)cccc3OC)C2)C2CC2)ccc1C#N. The Balaban J connectivity index is 1.48. The Morgan fingerprint density at radius 1 is 1.11 bits per heavy atom. The summed E-state index contributed by atoms with van der Waals surface area (Å²) >= 11 is 0. The molecule has 9 nitrogen and oxygen atoms in total. The molecule has 0 radical (unpaired) electrons. The lowest BCUT2D eigenvalue weighted by atomic mass is 9.88. The Kier molecular flexibility index (Phi) is 9.21. The number of carbonyl (C=O) groups excluding carboxylic acids is 2. The number of nitrogens with one attached hydrogen (secondary N) is 2. The number of methoxy groups -OCH3 is 2. The van der Waals surface area contributed by atoms with Crippen LogP contribution >= 0.6 is 0 Å². The maximum atomic E-state index is 13.8. The van der Waals surface area contributed by atoms with Crippen LogP contribution in [0.5, 0.6) is 11.5 Å². The number of piperidine rings is 1. The molecule has 1 aliphatic carbocycles. The summed E-state index contributed by atoms with van der Waals surface area (Å²) in [5, 5.41) is 15.8. The van der Waals surface area contributed by atoms with E-state index >= 15 is 0 Å². The largest absolute Gasteiger partial charge is 0.495 e. The minimum absolute atomic E-state index is 0.0130. The topological polar surface area (TPSA) is 113 Å². The molecule has 2 aliphatic rings. The number of rotatable bonds is 11. The average molecular weight is 521 g/mol. The van der Waals surface area contributed by atoms with Gasteiger partial charge in [-0.05, 0) is 49.9 Å². The normalized spacial score (nSPS) is 18.8. The zero-order valence-corrected chi connectivity index (χ0v) is 22.3. The van der Waals surface area contributed by atoms with Crippen molar-refractivity contribution in [1.29, 1.82) is 5.26 Å². The van der Waals surface area contributed by atoms with Crippen LogP contribution in [0, 0.1) is 30.1 Å². The summed E-state index contributed by atoms with van der Waals surface area (Å²) in [6.45, 7) is 3.91. The van der Waals surface area contributed by atoms with Gasteiger partial charge in [0.1, 0.15) is 17.6 Å². The molecule has 1 aliphatic heterocycles. The lowest BCUT2D eigenvalue weighted by molar-refractivity contribution is -0.125. The van der Waals surface area contributed by atoms with E-state index in [9.17, 15) is 14.9 Å². The fourth-order valence-corrected chi connectivity index (χ4v) is 4.83. The van der Waals surface area contributed by atoms with Gasteiger partial charge in [-0.15, -0.1) is 0 Å². The third-order valence-corrected chi connectivity index (χ3v) is 7.04. The van der Waals surface area contributed by atoms with E-state index in [1.807, 2.05) is 36.1 Å². The highest BCUT2D eigenvalue weighted by Gasteiger charge is 2.40. The number of hydrogen-bond donors (Lipinski definition) is 2. The molecule has 2 amide bonds. The van der Waals surface area contributed by atoms with Gasteiger partial charge in [0, 0.05) is 51.0 Å². The van der Waals surface area contributed by atoms with Crippen molar-refractivity contribution in [1.82, 2.24) is 5.32 Å². The Hall–Kier alpha value is -3.61. The van der Waals surface area contributed by atoms with Crippen LogP contribution in [-0.2, 0) is 14.3 Å². The maximum Gasteiger partial charge on any atom is 0.231 e. The van der Waals surface area contributed by atoms with Crippen LogP contribution in [-0.4, -0.2) is 58.4 Å². The summed E-state index contributed by atoms with van der Waals surface area (Å²) in [4.78, 5) is 28.9. The number of nitriles is 1. The number of aryl methyl sites for hydroxylation is 1. The second-order valence-corrected chi connectivity index (χ2v) is 9.86. The van der Waals surface area contributed by atoms with Crippen molar-refractivity contribution >= 4 is 23.2 Å². The number of anilines is 2. The van der Waals surface area contributed by atoms with Crippen molar-refractivity contribution in [3.63, 3.8) is 0 Å². The first kappa shape index (κ1) is 27.4. The third kappa shape index (κ3) is 6.44. The molecule has 2 fully saturated rings. The first-order valence-electron chi connectivity index (χ1n) is 13.1. The van der Waals surface area contributed by atoms with E-state index in [0.717, 1.165) is 24.1 Å². The molecule has 2 aromatic rings. The second kappa shape index (κ2) is 12.8. The molecule has 2 atom stereocenters. The second-order valence-electron chi connectivity index (χ2n) is 9.86. The van der Waals surface area contributed by atoms with E-state index in [-0.39, 0.29) is 29.7 Å². The smallest absolute Gasteiger partial charge is 0.231 e. The lowest BCUT2D eigenvalue weighted by Crippen LogP contribution is -2.49. The molecule has 0 aromatic heterocycles. The number of hydrogen-bond acceptors (Lipinski definition) is 7. The van der Waals surface area contributed by atoms with Gasteiger partial charge in [-0.25, -0.2) is 0 Å². The van der Waals surface area contributed by atoms with Crippen molar-refractivity contribution in [2.45, 2.75) is 38.6 Å². The highest BCUT2D eigenvalue weighted by molar-refractivity contribution is 5.98. The average Bonchev–Trinajstić information content (AvgIpc) is 3.77. The molecule has 1 saturated carbocycles. The lowest BCUT2D eigenvalue weighted by Gasteiger charge is -2.33. The van der Waals surface area contributed by atoms with Crippen molar-refractivity contribution < 1.29 is 23.8 Å². The van der Waals surface area contributed by atoms with Crippen LogP contribution in [0.1, 0.15) is 36.8 Å². The number of ether oxygens (including phenoxy) is 3. The number of nitrogens with zero attached hydrogens (tertiary/aromatic N) is 2. The van der Waals surface area contributed by atoms with Crippen molar-refractivity contribution in [3.05, 3.63) is 47.5 Å². The predicted molar refractivity (Wildman–Crippen MR) is 144 cm³/mol. The van der Waals surface area contributed by atoms with Gasteiger partial charge in [0.15, 0.2) is 0 Å². The van der Waals surface area contributed by atoms with Crippen LogP contribution in [0.15, 0.2) is 36.4 Å². The summed E-state index contributed by atoms with van der Waals surface area (Å²) in [6.07, 6.45) is 2.99. The Morgan fingerprint density at radius 3 is 2.61 bits per heavy atom. The van der Waals surface area contributed by atoms with Crippen LogP contribution in [0.4, 0.5) is 11.4 Å². The quantitative estimate of drug-likeness (QED) is 0.435. The summed E-state index contributed by atoms with van der Waals surface area (Å²) < 4.78 is 16.4. The molecular weight excluding hydrogens is 484 g/mol. The van der Waals surface area contributed by atoms with E-state index in [1.54, 1.807) is 26.4 Å². The van der Waals surface area contributed by atoms with Crippen LogP contribution < -0.4 is 25.0 Å². The Labute approximate surface area is 224 Å². The minimum atomic E-state index is -0.358. The molecule has 38 heavy (non-hydrogen) atoms. The van der Waals surface area contributed by atoms with Gasteiger partial charge in [0.05, 0.1) is 36.8 Å². The molecule has 0 bridgehead atoms. The number of para-hydroxylation sites is 1. The fraction of sp³-hybridized carbons (Fsp3) is 0.483. The molecule has 2 N–H and O–H groups in total. The Bertz CT molecular complexity index is 1190. The predicted octanol–water partition coefficient (Wildman–Crippen LogP) is 3.65. The van der Waals surface area contributed by atoms with Gasteiger partial charge in [0.2, 0.25) is 11.8 Å². The molecule has 4 rings (SSSR count). The Morgan fingerprint density at radius 2 is 1.89 bits per heavy atom. The van der Waals surface area contributed by atoms with Crippen LogP contribution in [0.2, 0.25) is 0 Å². The summed E-state index contributed by atoms with van der Waals surface area (Å²) in [5.74, 6) is 0.220. The zero-order valence-electron chi connectivity index (χ0n) is 22.3. The molecule has 202 valence electrons. The first-order valence-corrected chi connectivity index (χ1v) is 13.1. The summed E-state index contributed by atoms with van der Waals surface area (Å²) in [6, 6.07) is 13.2. The van der Waals surface area contributed by atoms with Gasteiger partial charge in [-0.2, -0.15) is 5.26 Å². The van der Waals surface area contributed by atoms with Gasteiger partial charge in [-0.1, -0.05) is 12.1 Å².